The molecular formula is C14H17N2. The Bertz CT molecular complexity index is 497. The van der Waals surface area contributed by atoms with Crippen LogP contribution in [0.4, 0.5) is 0 Å². The molecule has 0 saturated carbocycles. The minimum atomic E-state index is 0.285. The Kier molecular flexibility index (Phi) is 2.82. The van der Waals surface area contributed by atoms with Gasteiger partial charge in [-0.05, 0) is 30.5 Å². The van der Waals surface area contributed by atoms with Gasteiger partial charge in [0.2, 0.25) is 0 Å². The fraction of sp³-hybridized carbons (Fsp3) is 0.286. The number of rotatable bonds is 2. The Morgan fingerprint density at radius 3 is 2.69 bits per heavy atom. The van der Waals surface area contributed by atoms with Crippen LogP contribution in [0.15, 0.2) is 30.6 Å². The lowest BCUT2D eigenvalue weighted by atomic mass is 9.93. The Hall–Kier alpha value is -1.57. The van der Waals surface area contributed by atoms with Crippen LogP contribution in [-0.2, 0) is 0 Å². The van der Waals surface area contributed by atoms with Gasteiger partial charge < -0.3 is 4.57 Å². The van der Waals surface area contributed by atoms with E-state index in [1.165, 1.54) is 16.7 Å². The second-order valence-electron chi connectivity index (χ2n) is 4.27. The van der Waals surface area contributed by atoms with Crippen molar-refractivity contribution in [3.05, 3.63) is 60.2 Å². The number of aryl methyl sites for hydroxylation is 1. The van der Waals surface area contributed by atoms with E-state index in [0.717, 1.165) is 5.82 Å². The molecule has 0 fully saturated rings. The van der Waals surface area contributed by atoms with E-state index in [0.29, 0.717) is 0 Å². The first-order valence-electron chi connectivity index (χ1n) is 5.51. The second kappa shape index (κ2) is 4.12. The maximum absolute atomic E-state index is 4.36. The average molecular weight is 213 g/mol. The molecule has 1 atom stereocenters. The zero-order valence-electron chi connectivity index (χ0n) is 10.1. The van der Waals surface area contributed by atoms with Crippen LogP contribution in [0, 0.1) is 20.9 Å². The van der Waals surface area contributed by atoms with Gasteiger partial charge in [0.1, 0.15) is 5.82 Å². The van der Waals surface area contributed by atoms with Crippen LogP contribution in [0.25, 0.3) is 0 Å². The Labute approximate surface area is 97.0 Å². The third-order valence-electron chi connectivity index (χ3n) is 3.25. The first-order valence-corrected chi connectivity index (χ1v) is 5.51. The summed E-state index contributed by atoms with van der Waals surface area (Å²) in [6, 6.07) is 6.41. The lowest BCUT2D eigenvalue weighted by molar-refractivity contribution is 0.780. The molecule has 2 nitrogen and oxygen atoms in total. The van der Waals surface area contributed by atoms with Crippen molar-refractivity contribution in [2.45, 2.75) is 26.7 Å². The molecule has 0 aliphatic rings. The van der Waals surface area contributed by atoms with Crippen molar-refractivity contribution >= 4 is 0 Å². The van der Waals surface area contributed by atoms with Gasteiger partial charge in [-0.15, -0.1) is 0 Å². The van der Waals surface area contributed by atoms with E-state index in [2.05, 4.69) is 51.0 Å². The van der Waals surface area contributed by atoms with Crippen molar-refractivity contribution in [2.24, 2.45) is 0 Å². The zero-order chi connectivity index (χ0) is 11.7. The highest BCUT2D eigenvalue weighted by atomic mass is 15.0. The molecule has 0 spiro atoms. The monoisotopic (exact) mass is 213 g/mol. The Morgan fingerprint density at radius 2 is 2.06 bits per heavy atom. The molecule has 0 aliphatic heterocycles. The predicted octanol–water partition coefficient (Wildman–Crippen LogP) is 3.29. The van der Waals surface area contributed by atoms with Gasteiger partial charge >= 0.3 is 0 Å². The smallest absolute Gasteiger partial charge is 0.115 e. The number of nitrogens with zero attached hydrogens (tertiary/aromatic N) is 2. The Balaban J connectivity index is 2.46. The first-order chi connectivity index (χ1) is 7.61. The van der Waals surface area contributed by atoms with Gasteiger partial charge in [0.25, 0.3) is 0 Å². The van der Waals surface area contributed by atoms with Crippen molar-refractivity contribution in [3.63, 3.8) is 0 Å². The van der Waals surface area contributed by atoms with E-state index in [1.54, 1.807) is 6.20 Å². The van der Waals surface area contributed by atoms with Gasteiger partial charge in [-0.3, -0.25) is 0 Å². The van der Waals surface area contributed by atoms with Crippen LogP contribution < -0.4 is 0 Å². The molecule has 83 valence electrons. The van der Waals surface area contributed by atoms with Gasteiger partial charge in [-0.25, -0.2) is 4.98 Å². The van der Waals surface area contributed by atoms with Crippen LogP contribution in [0.1, 0.15) is 35.4 Å². The van der Waals surface area contributed by atoms with Crippen LogP contribution in [0.2, 0.25) is 0 Å². The first kappa shape index (κ1) is 10.9. The van der Waals surface area contributed by atoms with Crippen molar-refractivity contribution in [1.29, 1.82) is 0 Å². The summed E-state index contributed by atoms with van der Waals surface area (Å²) in [5, 5.41) is 0. The lowest BCUT2D eigenvalue weighted by Crippen LogP contribution is -2.05. The topological polar surface area (TPSA) is 17.8 Å². The molecule has 0 aliphatic carbocycles. The standard InChI is InChI=1S/C14H17N2/c1-10-6-5-7-13(11(10)2)12(3)14-15-8-9-16(14)4/h5-9,12H,4H2,1-3H3. The molecule has 1 aromatic carbocycles. The van der Waals surface area contributed by atoms with Crippen molar-refractivity contribution in [1.82, 2.24) is 9.55 Å². The minimum Gasteiger partial charge on any atom is -0.333 e. The summed E-state index contributed by atoms with van der Waals surface area (Å²) in [7, 11) is 3.93. The lowest BCUT2D eigenvalue weighted by Gasteiger charge is -2.15. The quantitative estimate of drug-likeness (QED) is 0.748. The normalized spacial score (nSPS) is 12.8. The number of benzene rings is 1. The molecule has 0 saturated heterocycles. The van der Waals surface area contributed by atoms with Gasteiger partial charge in [0.15, 0.2) is 0 Å². The number of hydrogen-bond acceptors (Lipinski definition) is 1. The number of imidazole rings is 1. The molecule has 1 unspecified atom stereocenters. The number of hydrogen-bond donors (Lipinski definition) is 0. The molecule has 2 aromatic rings. The summed E-state index contributed by atoms with van der Waals surface area (Å²) >= 11 is 0. The van der Waals surface area contributed by atoms with Crippen LogP contribution in [0.3, 0.4) is 0 Å². The van der Waals surface area contributed by atoms with E-state index >= 15 is 0 Å². The molecule has 0 bridgehead atoms. The number of aromatic nitrogens is 2. The maximum Gasteiger partial charge on any atom is 0.115 e. The summed E-state index contributed by atoms with van der Waals surface area (Å²) in [6.07, 6.45) is 3.68. The maximum atomic E-state index is 4.36. The third-order valence-corrected chi connectivity index (χ3v) is 3.25. The van der Waals surface area contributed by atoms with Crippen LogP contribution in [-0.4, -0.2) is 9.55 Å². The average Bonchev–Trinajstić information content (AvgIpc) is 2.68. The van der Waals surface area contributed by atoms with E-state index < -0.39 is 0 Å². The Morgan fingerprint density at radius 1 is 1.31 bits per heavy atom. The summed E-state index contributed by atoms with van der Waals surface area (Å²) in [5.41, 5.74) is 4.00. The van der Waals surface area contributed by atoms with Crippen molar-refractivity contribution < 1.29 is 0 Å². The molecule has 0 amide bonds. The minimum absolute atomic E-state index is 0.285. The summed E-state index contributed by atoms with van der Waals surface area (Å²) < 4.78 is 1.84. The molecular weight excluding hydrogens is 196 g/mol. The van der Waals surface area contributed by atoms with E-state index in [4.69, 9.17) is 0 Å². The van der Waals surface area contributed by atoms with Crippen LogP contribution in [0.5, 0.6) is 0 Å². The largest absolute Gasteiger partial charge is 0.333 e. The molecule has 1 aromatic heterocycles. The second-order valence-corrected chi connectivity index (χ2v) is 4.27. The molecule has 0 N–H and O–H groups in total. The van der Waals surface area contributed by atoms with E-state index in [9.17, 15) is 0 Å². The predicted molar refractivity (Wildman–Crippen MR) is 66.4 cm³/mol. The van der Waals surface area contributed by atoms with E-state index in [1.807, 2.05) is 10.8 Å². The van der Waals surface area contributed by atoms with Gasteiger partial charge in [-0.2, -0.15) is 0 Å². The fourth-order valence-corrected chi connectivity index (χ4v) is 2.08. The van der Waals surface area contributed by atoms with Gasteiger partial charge in [0.05, 0.1) is 0 Å². The van der Waals surface area contributed by atoms with Crippen molar-refractivity contribution in [2.75, 3.05) is 0 Å². The zero-order valence-corrected chi connectivity index (χ0v) is 10.1. The highest BCUT2D eigenvalue weighted by Crippen LogP contribution is 2.26. The summed E-state index contributed by atoms with van der Waals surface area (Å²) in [5.74, 6) is 1.29. The van der Waals surface area contributed by atoms with Gasteiger partial charge in [-0.1, -0.05) is 25.1 Å². The molecule has 2 rings (SSSR count). The fourth-order valence-electron chi connectivity index (χ4n) is 2.08. The van der Waals surface area contributed by atoms with E-state index in [-0.39, 0.29) is 5.92 Å². The third kappa shape index (κ3) is 1.75. The highest BCUT2D eigenvalue weighted by molar-refractivity contribution is 5.38. The summed E-state index contributed by atoms with van der Waals surface area (Å²) in [4.78, 5) is 4.36. The molecule has 1 heterocycles. The molecule has 2 heteroatoms. The molecule has 16 heavy (non-hydrogen) atoms. The highest BCUT2D eigenvalue weighted by Gasteiger charge is 2.15. The van der Waals surface area contributed by atoms with Crippen molar-refractivity contribution in [3.8, 4) is 0 Å². The summed E-state index contributed by atoms with van der Waals surface area (Å²) in [6.45, 7) is 6.48. The SMILES string of the molecule is [CH2]n1ccnc1C(C)c1cccc(C)c1C. The molecule has 1 radical (unpaired) electrons. The van der Waals surface area contributed by atoms with Gasteiger partial charge in [0, 0.05) is 25.4 Å². The van der Waals surface area contributed by atoms with Crippen LogP contribution >= 0.6 is 0 Å².